The third kappa shape index (κ3) is 2.25. The molecule has 1 aromatic carbocycles. The number of aromatic nitrogens is 2. The molecule has 0 aliphatic heterocycles. The van der Waals surface area contributed by atoms with E-state index in [1.807, 2.05) is 24.3 Å². The van der Waals surface area contributed by atoms with Gasteiger partial charge in [-0.25, -0.2) is 9.97 Å². The number of nitrogens with zero attached hydrogens (tertiary/aromatic N) is 2. The maximum absolute atomic E-state index is 5.28. The van der Waals surface area contributed by atoms with Crippen molar-refractivity contribution in [2.75, 3.05) is 14.2 Å². The van der Waals surface area contributed by atoms with Crippen LogP contribution >= 0.6 is 0 Å². The topological polar surface area (TPSA) is 44.2 Å². The Bertz CT molecular complexity index is 586. The fraction of sp³-hybridized carbons (Fsp3) is 0.143. The number of hydrogen-bond acceptors (Lipinski definition) is 4. The SMILES string of the molecule is C#Cc1cnc(-c2ccc(OC)cc2)c(OC)n1. The second kappa shape index (κ2) is 5.19. The lowest BCUT2D eigenvalue weighted by Gasteiger charge is -2.07. The number of ether oxygens (including phenoxy) is 2. The molecule has 18 heavy (non-hydrogen) atoms. The maximum atomic E-state index is 5.28. The number of terminal acetylenes is 1. The molecule has 0 saturated carbocycles. The number of benzene rings is 1. The maximum Gasteiger partial charge on any atom is 0.241 e. The van der Waals surface area contributed by atoms with Crippen molar-refractivity contribution >= 4 is 0 Å². The summed E-state index contributed by atoms with van der Waals surface area (Å²) in [6.07, 6.45) is 6.82. The minimum atomic E-state index is 0.413. The first-order valence-electron chi connectivity index (χ1n) is 5.30. The highest BCUT2D eigenvalue weighted by Gasteiger charge is 2.09. The number of rotatable bonds is 3. The Hall–Kier alpha value is -2.54. The molecule has 0 spiro atoms. The number of hydrogen-bond donors (Lipinski definition) is 0. The predicted octanol–water partition coefficient (Wildman–Crippen LogP) is 2.14. The molecule has 0 bridgehead atoms. The van der Waals surface area contributed by atoms with E-state index in [4.69, 9.17) is 15.9 Å². The number of methoxy groups -OCH3 is 2. The van der Waals surface area contributed by atoms with Gasteiger partial charge in [0, 0.05) is 5.56 Å². The Morgan fingerprint density at radius 3 is 2.39 bits per heavy atom. The van der Waals surface area contributed by atoms with Crippen LogP contribution in [0.4, 0.5) is 0 Å². The van der Waals surface area contributed by atoms with Crippen LogP contribution in [0.15, 0.2) is 30.5 Å². The van der Waals surface area contributed by atoms with E-state index in [9.17, 15) is 0 Å². The van der Waals surface area contributed by atoms with Gasteiger partial charge in [-0.3, -0.25) is 0 Å². The summed E-state index contributed by atoms with van der Waals surface area (Å²) in [5.41, 5.74) is 1.99. The standard InChI is InChI=1S/C14H12N2O2/c1-4-11-9-15-13(14(16-11)18-3)10-5-7-12(17-2)8-6-10/h1,5-9H,2-3H3. The van der Waals surface area contributed by atoms with Crippen LogP contribution in [0.5, 0.6) is 11.6 Å². The lowest BCUT2D eigenvalue weighted by Crippen LogP contribution is -1.97. The molecule has 0 amide bonds. The van der Waals surface area contributed by atoms with Gasteiger partial charge in [-0.05, 0) is 30.2 Å². The molecule has 0 atom stereocenters. The van der Waals surface area contributed by atoms with Crippen molar-refractivity contribution in [3.05, 3.63) is 36.2 Å². The van der Waals surface area contributed by atoms with Crippen molar-refractivity contribution in [3.8, 4) is 35.2 Å². The third-order valence-corrected chi connectivity index (χ3v) is 2.45. The quantitative estimate of drug-likeness (QED) is 0.771. The van der Waals surface area contributed by atoms with Crippen molar-refractivity contribution < 1.29 is 9.47 Å². The van der Waals surface area contributed by atoms with Gasteiger partial charge < -0.3 is 9.47 Å². The Labute approximate surface area is 106 Å². The van der Waals surface area contributed by atoms with E-state index in [-0.39, 0.29) is 0 Å². The van der Waals surface area contributed by atoms with E-state index in [1.54, 1.807) is 13.3 Å². The lowest BCUT2D eigenvalue weighted by molar-refractivity contribution is 0.397. The zero-order chi connectivity index (χ0) is 13.0. The summed E-state index contributed by atoms with van der Waals surface area (Å²) in [6.45, 7) is 0. The van der Waals surface area contributed by atoms with Crippen LogP contribution in [0.25, 0.3) is 11.3 Å². The van der Waals surface area contributed by atoms with Gasteiger partial charge >= 0.3 is 0 Å². The first kappa shape index (κ1) is 11.9. The average Bonchev–Trinajstić information content (AvgIpc) is 2.46. The molecule has 0 unspecified atom stereocenters. The highest BCUT2D eigenvalue weighted by Crippen LogP contribution is 2.27. The molecule has 1 aromatic heterocycles. The Balaban J connectivity index is 2.46. The molecule has 4 nitrogen and oxygen atoms in total. The van der Waals surface area contributed by atoms with Crippen molar-refractivity contribution in [1.29, 1.82) is 0 Å². The van der Waals surface area contributed by atoms with E-state index in [0.29, 0.717) is 17.3 Å². The third-order valence-electron chi connectivity index (χ3n) is 2.45. The summed E-state index contributed by atoms with van der Waals surface area (Å²) in [5.74, 6) is 3.62. The molecular formula is C14H12N2O2. The molecule has 0 radical (unpaired) electrons. The van der Waals surface area contributed by atoms with Crippen molar-refractivity contribution in [2.45, 2.75) is 0 Å². The average molecular weight is 240 g/mol. The van der Waals surface area contributed by atoms with Gasteiger partial charge in [0.25, 0.3) is 0 Å². The van der Waals surface area contributed by atoms with Gasteiger partial charge in [0.1, 0.15) is 17.1 Å². The normalized spacial score (nSPS) is 9.61. The first-order valence-corrected chi connectivity index (χ1v) is 5.30. The molecule has 0 saturated heterocycles. The highest BCUT2D eigenvalue weighted by atomic mass is 16.5. The fourth-order valence-electron chi connectivity index (χ4n) is 1.53. The molecule has 90 valence electrons. The van der Waals surface area contributed by atoms with Crippen LogP contribution in [0.1, 0.15) is 5.69 Å². The lowest BCUT2D eigenvalue weighted by atomic mass is 10.1. The largest absolute Gasteiger partial charge is 0.497 e. The Kier molecular flexibility index (Phi) is 3.44. The summed E-state index contributed by atoms with van der Waals surface area (Å²) in [7, 11) is 3.16. The molecule has 1 heterocycles. The van der Waals surface area contributed by atoms with Gasteiger partial charge in [-0.1, -0.05) is 0 Å². The van der Waals surface area contributed by atoms with E-state index < -0.39 is 0 Å². The fourth-order valence-corrected chi connectivity index (χ4v) is 1.53. The van der Waals surface area contributed by atoms with Crippen LogP contribution in [0.3, 0.4) is 0 Å². The Morgan fingerprint density at radius 1 is 1.11 bits per heavy atom. The smallest absolute Gasteiger partial charge is 0.241 e. The van der Waals surface area contributed by atoms with Crippen LogP contribution in [-0.4, -0.2) is 24.2 Å². The van der Waals surface area contributed by atoms with Crippen LogP contribution in [-0.2, 0) is 0 Å². The van der Waals surface area contributed by atoms with Crippen molar-refractivity contribution in [2.24, 2.45) is 0 Å². The Morgan fingerprint density at radius 2 is 1.83 bits per heavy atom. The zero-order valence-electron chi connectivity index (χ0n) is 10.2. The van der Waals surface area contributed by atoms with Gasteiger partial charge in [0.2, 0.25) is 5.88 Å². The minimum absolute atomic E-state index is 0.413. The van der Waals surface area contributed by atoms with Crippen LogP contribution < -0.4 is 9.47 Å². The summed E-state index contributed by atoms with van der Waals surface area (Å²) in [6, 6.07) is 7.49. The molecule has 2 rings (SSSR count). The van der Waals surface area contributed by atoms with E-state index >= 15 is 0 Å². The van der Waals surface area contributed by atoms with Gasteiger partial charge in [-0.15, -0.1) is 6.42 Å². The van der Waals surface area contributed by atoms with E-state index in [2.05, 4.69) is 15.9 Å². The molecule has 0 fully saturated rings. The molecule has 0 aliphatic rings. The second-order valence-electron chi connectivity index (χ2n) is 3.49. The van der Waals surface area contributed by atoms with Crippen molar-refractivity contribution in [3.63, 3.8) is 0 Å². The van der Waals surface area contributed by atoms with E-state index in [0.717, 1.165) is 11.3 Å². The molecule has 0 N–H and O–H groups in total. The minimum Gasteiger partial charge on any atom is -0.497 e. The van der Waals surface area contributed by atoms with Crippen LogP contribution in [0.2, 0.25) is 0 Å². The summed E-state index contributed by atoms with van der Waals surface area (Å²) in [4.78, 5) is 8.45. The molecular weight excluding hydrogens is 228 g/mol. The van der Waals surface area contributed by atoms with E-state index in [1.165, 1.54) is 7.11 Å². The predicted molar refractivity (Wildman–Crippen MR) is 68.5 cm³/mol. The molecule has 2 aromatic rings. The van der Waals surface area contributed by atoms with Crippen LogP contribution in [0, 0.1) is 12.3 Å². The zero-order valence-corrected chi connectivity index (χ0v) is 10.2. The summed E-state index contributed by atoms with van der Waals surface area (Å²) in [5, 5.41) is 0. The van der Waals surface area contributed by atoms with Gasteiger partial charge in [0.05, 0.1) is 20.4 Å². The monoisotopic (exact) mass is 240 g/mol. The van der Waals surface area contributed by atoms with Gasteiger partial charge in [0.15, 0.2) is 0 Å². The second-order valence-corrected chi connectivity index (χ2v) is 3.49. The molecule has 4 heteroatoms. The molecule has 0 aliphatic carbocycles. The summed E-state index contributed by atoms with van der Waals surface area (Å²) < 4.78 is 10.3. The van der Waals surface area contributed by atoms with Crippen molar-refractivity contribution in [1.82, 2.24) is 9.97 Å². The van der Waals surface area contributed by atoms with Gasteiger partial charge in [-0.2, -0.15) is 0 Å². The highest BCUT2D eigenvalue weighted by molar-refractivity contribution is 5.65. The summed E-state index contributed by atoms with van der Waals surface area (Å²) >= 11 is 0. The first-order chi connectivity index (χ1) is 8.78.